The number of H-pyrrole nitrogens is 2. The van der Waals surface area contributed by atoms with Gasteiger partial charge in [0.15, 0.2) is 11.0 Å². The van der Waals surface area contributed by atoms with E-state index in [0.717, 1.165) is 21.9 Å². The number of sulfonamides is 1. The summed E-state index contributed by atoms with van der Waals surface area (Å²) in [5, 5.41) is 7.18. The zero-order valence-electron chi connectivity index (χ0n) is 18.0. The second kappa shape index (κ2) is 9.16. The summed E-state index contributed by atoms with van der Waals surface area (Å²) in [6.45, 7) is 3.38. The summed E-state index contributed by atoms with van der Waals surface area (Å²) in [5.74, 6) is 0.600. The molecule has 2 aromatic heterocycles. The van der Waals surface area contributed by atoms with E-state index in [-0.39, 0.29) is 22.4 Å². The maximum atomic E-state index is 12.5. The van der Waals surface area contributed by atoms with Crippen LogP contribution in [0.15, 0.2) is 57.0 Å². The standard InChI is InChI=1S/C21H21N5O5S2/c1-12-13(2)25-31-20(12)26-33(28,29)16-7-4-14(5-8-16)22-19(27)11-32-21-23-17-9-6-15(30-3)10-18(17)24-21/h4-10H,11H2,1-3H3,(H3,22,23,24,25,26,27). The van der Waals surface area contributed by atoms with Crippen LogP contribution in [0.25, 0.3) is 15.8 Å². The molecule has 0 radical (unpaired) electrons. The highest BCUT2D eigenvalue weighted by Crippen LogP contribution is 2.32. The molecule has 0 saturated heterocycles. The first-order chi connectivity index (χ1) is 15.7. The number of imidazole rings is 1. The molecule has 0 aliphatic rings. The van der Waals surface area contributed by atoms with E-state index in [9.17, 15) is 13.2 Å². The predicted molar refractivity (Wildman–Crippen MR) is 123 cm³/mol. The third kappa shape index (κ3) is 5.12. The summed E-state index contributed by atoms with van der Waals surface area (Å²) >= 11 is 1.31. The second-order valence-electron chi connectivity index (χ2n) is 7.12. The van der Waals surface area contributed by atoms with Gasteiger partial charge in [0.25, 0.3) is 0 Å². The van der Waals surface area contributed by atoms with Gasteiger partial charge < -0.3 is 19.3 Å². The average Bonchev–Trinajstić information content (AvgIpc) is 3.35. The lowest BCUT2D eigenvalue weighted by Gasteiger charge is -2.19. The van der Waals surface area contributed by atoms with E-state index >= 15 is 0 Å². The molecule has 4 aromatic rings. The van der Waals surface area contributed by atoms with Crippen molar-refractivity contribution in [2.45, 2.75) is 23.9 Å². The zero-order chi connectivity index (χ0) is 23.6. The molecule has 12 heteroatoms. The van der Waals surface area contributed by atoms with Gasteiger partial charge >= 0.3 is 5.16 Å². The van der Waals surface area contributed by atoms with Crippen molar-refractivity contribution >= 4 is 50.3 Å². The van der Waals surface area contributed by atoms with Crippen molar-refractivity contribution in [3.05, 3.63) is 58.4 Å². The number of hydrogen-bond acceptors (Lipinski definition) is 7. The smallest absolute Gasteiger partial charge is 0.315 e. The van der Waals surface area contributed by atoms with Crippen LogP contribution in [-0.4, -0.2) is 37.3 Å². The number of nitrogens with zero attached hydrogens (tertiary/aromatic N) is 2. The Morgan fingerprint density at radius 3 is 2.67 bits per heavy atom. The minimum atomic E-state index is -3.97. The van der Waals surface area contributed by atoms with E-state index < -0.39 is 10.0 Å². The van der Waals surface area contributed by atoms with E-state index in [2.05, 4.69) is 25.2 Å². The van der Waals surface area contributed by atoms with Gasteiger partial charge in [-0.3, -0.25) is 4.79 Å². The van der Waals surface area contributed by atoms with Crippen LogP contribution in [0, 0.1) is 13.8 Å². The van der Waals surface area contributed by atoms with E-state index in [1.165, 1.54) is 36.0 Å². The Kier molecular flexibility index (Phi) is 6.29. The van der Waals surface area contributed by atoms with Crippen molar-refractivity contribution in [1.82, 2.24) is 10.1 Å². The van der Waals surface area contributed by atoms with E-state index in [0.29, 0.717) is 16.9 Å². The van der Waals surface area contributed by atoms with Crippen LogP contribution in [0.1, 0.15) is 11.3 Å². The molecule has 0 unspecified atom stereocenters. The number of anilines is 1. The Morgan fingerprint density at radius 1 is 1.24 bits per heavy atom. The number of ether oxygens (including phenoxy) is 1. The van der Waals surface area contributed by atoms with Gasteiger partial charge in [-0.25, -0.2) is 18.4 Å². The molecule has 0 saturated carbocycles. The van der Waals surface area contributed by atoms with Gasteiger partial charge in [0.2, 0.25) is 5.91 Å². The number of aromatic nitrogens is 3. The normalized spacial score (nSPS) is 11.5. The fourth-order valence-corrected chi connectivity index (χ4v) is 4.59. The van der Waals surface area contributed by atoms with Crippen LogP contribution in [0.4, 0.5) is 11.6 Å². The van der Waals surface area contributed by atoms with E-state index in [1.54, 1.807) is 21.0 Å². The minimum absolute atomic E-state index is 0.0218. The number of fused-ring (bicyclic) bond motifs is 1. The Morgan fingerprint density at radius 2 is 2.00 bits per heavy atom. The number of aryl methyl sites for hydroxylation is 1. The Hall–Kier alpha value is -3.51. The summed E-state index contributed by atoms with van der Waals surface area (Å²) in [6.07, 6.45) is 0. The number of carbonyl (C=O) groups is 1. The van der Waals surface area contributed by atoms with Crippen molar-refractivity contribution in [3.8, 4) is 5.75 Å². The number of aromatic amines is 2. The van der Waals surface area contributed by atoms with E-state index in [4.69, 9.17) is 9.26 Å². The molecule has 4 rings (SSSR count). The highest BCUT2D eigenvalue weighted by Gasteiger charge is 2.14. The van der Waals surface area contributed by atoms with Gasteiger partial charge in [0.1, 0.15) is 15.8 Å². The molecule has 0 bridgehead atoms. The molecule has 3 N–H and O–H groups in total. The molecule has 1 amide bonds. The molecule has 2 aromatic carbocycles. The summed E-state index contributed by atoms with van der Waals surface area (Å²) in [7, 11) is -2.37. The van der Waals surface area contributed by atoms with Crippen LogP contribution < -0.4 is 15.0 Å². The summed E-state index contributed by atoms with van der Waals surface area (Å²) in [5.41, 5.74) is 3.37. The molecule has 0 atom stereocenters. The zero-order valence-corrected chi connectivity index (χ0v) is 19.6. The van der Waals surface area contributed by atoms with Crippen LogP contribution >= 0.6 is 11.8 Å². The van der Waals surface area contributed by atoms with Gasteiger partial charge in [-0.2, -0.15) is 0 Å². The fraction of sp³-hybridized carbons (Fsp3) is 0.190. The molecule has 0 fully saturated rings. The number of methoxy groups -OCH3 is 1. The number of nitrogens with one attached hydrogen (secondary N) is 3. The van der Waals surface area contributed by atoms with Gasteiger partial charge in [0.05, 0.1) is 29.3 Å². The maximum Gasteiger partial charge on any atom is 0.315 e. The van der Waals surface area contributed by atoms with Crippen molar-refractivity contribution in [1.29, 1.82) is 0 Å². The van der Waals surface area contributed by atoms with Crippen molar-refractivity contribution in [3.63, 3.8) is 0 Å². The predicted octanol–water partition coefficient (Wildman–Crippen LogP) is 3.72. The fourth-order valence-electron chi connectivity index (χ4n) is 2.91. The molecule has 0 aliphatic heterocycles. The first kappa shape index (κ1) is 22.7. The largest absolute Gasteiger partial charge is 0.539 e. The van der Waals surface area contributed by atoms with Crippen LogP contribution in [0.5, 0.6) is 5.75 Å². The Labute approximate surface area is 194 Å². The SMILES string of the molecule is COc1ccc2[nH+]c(SCC(=O)Nc3ccc(S(=O)(=O)[N-]c4onc(C)c4C)cc3)[nH]c2c1. The quantitative estimate of drug-likeness (QED) is 0.361. The molecule has 33 heavy (non-hydrogen) atoms. The third-order valence-corrected chi connectivity index (χ3v) is 7.02. The molecular weight excluding hydrogens is 466 g/mol. The number of hydrogen-bond donors (Lipinski definition) is 2. The summed E-state index contributed by atoms with van der Waals surface area (Å²) < 4.78 is 38.9. The molecule has 172 valence electrons. The highest BCUT2D eigenvalue weighted by atomic mass is 32.2. The first-order valence-corrected chi connectivity index (χ1v) is 12.2. The highest BCUT2D eigenvalue weighted by molar-refractivity contribution is 7.99. The molecular formula is C21H21N5O5S2. The Bertz CT molecular complexity index is 1410. The van der Waals surface area contributed by atoms with Crippen molar-refractivity contribution in [2.24, 2.45) is 0 Å². The second-order valence-corrected chi connectivity index (χ2v) is 9.71. The number of thioether (sulfide) groups is 1. The molecule has 0 aliphatic carbocycles. The van der Waals surface area contributed by atoms with Crippen LogP contribution in [-0.2, 0) is 14.8 Å². The number of amides is 1. The van der Waals surface area contributed by atoms with Crippen LogP contribution in [0.2, 0.25) is 0 Å². The number of benzene rings is 2. The molecule has 10 nitrogen and oxygen atoms in total. The Balaban J connectivity index is 1.35. The average molecular weight is 488 g/mol. The maximum absolute atomic E-state index is 12.5. The number of rotatable bonds is 8. The molecule has 0 spiro atoms. The third-order valence-electron chi connectivity index (χ3n) is 4.84. The van der Waals surface area contributed by atoms with Gasteiger partial charge in [0, 0.05) is 11.8 Å². The van der Waals surface area contributed by atoms with Gasteiger partial charge in [-0.1, -0.05) is 5.16 Å². The topological polar surface area (TPSA) is 143 Å². The molecule has 2 heterocycles. The van der Waals surface area contributed by atoms with Crippen LogP contribution in [0.3, 0.4) is 0 Å². The minimum Gasteiger partial charge on any atom is -0.539 e. The lowest BCUT2D eigenvalue weighted by Crippen LogP contribution is -2.15. The lowest BCUT2D eigenvalue weighted by molar-refractivity contribution is -0.396. The number of carbonyl (C=O) groups excluding carboxylic acids is 1. The lowest BCUT2D eigenvalue weighted by atomic mass is 10.3. The van der Waals surface area contributed by atoms with Crippen molar-refractivity contribution in [2.75, 3.05) is 18.2 Å². The van der Waals surface area contributed by atoms with Crippen molar-refractivity contribution < 1.29 is 27.5 Å². The van der Waals surface area contributed by atoms with Gasteiger partial charge in [-0.05, 0) is 67.6 Å². The monoisotopic (exact) mass is 487 g/mol. The van der Waals surface area contributed by atoms with Gasteiger partial charge in [-0.15, -0.1) is 0 Å². The van der Waals surface area contributed by atoms with E-state index in [1.807, 2.05) is 18.2 Å². The summed E-state index contributed by atoms with van der Waals surface area (Å²) in [6, 6.07) is 11.4. The summed E-state index contributed by atoms with van der Waals surface area (Å²) in [4.78, 5) is 18.7. The first-order valence-electron chi connectivity index (χ1n) is 9.78.